The summed E-state index contributed by atoms with van der Waals surface area (Å²) >= 11 is 11.8. The number of amides is 1. The molecule has 0 aliphatic rings. The van der Waals surface area contributed by atoms with Gasteiger partial charge in [-0.1, -0.05) is 29.3 Å². The van der Waals surface area contributed by atoms with Crippen LogP contribution < -0.4 is 5.32 Å². The van der Waals surface area contributed by atoms with Gasteiger partial charge in [0.1, 0.15) is 0 Å². The van der Waals surface area contributed by atoms with Crippen molar-refractivity contribution in [1.29, 1.82) is 0 Å². The lowest BCUT2D eigenvalue weighted by Crippen LogP contribution is -2.38. The summed E-state index contributed by atoms with van der Waals surface area (Å²) in [6.45, 7) is 0.308. The number of ether oxygens (including phenoxy) is 1. The summed E-state index contributed by atoms with van der Waals surface area (Å²) in [7, 11) is -1.97. The van der Waals surface area contributed by atoms with E-state index in [0.717, 1.165) is 10.6 Å². The van der Waals surface area contributed by atoms with Crippen molar-refractivity contribution in [1.82, 2.24) is 4.31 Å². The first-order valence-corrected chi connectivity index (χ1v) is 9.04. The summed E-state index contributed by atoms with van der Waals surface area (Å²) in [6, 6.07) is 4.81. The van der Waals surface area contributed by atoms with E-state index >= 15 is 0 Å². The first-order valence-electron chi connectivity index (χ1n) is 6.43. The highest BCUT2D eigenvalue weighted by molar-refractivity contribution is 7.88. The molecule has 0 aromatic heterocycles. The Kier molecular flexibility index (Phi) is 7.58. The lowest BCUT2D eigenvalue weighted by molar-refractivity contribution is -0.116. The van der Waals surface area contributed by atoms with Gasteiger partial charge in [0.05, 0.1) is 28.5 Å². The van der Waals surface area contributed by atoms with E-state index in [-0.39, 0.29) is 18.1 Å². The molecule has 0 atom stereocenters. The van der Waals surface area contributed by atoms with Crippen molar-refractivity contribution in [2.45, 2.75) is 6.42 Å². The third-order valence-electron chi connectivity index (χ3n) is 2.77. The van der Waals surface area contributed by atoms with Gasteiger partial charge in [-0.2, -0.15) is 4.31 Å². The van der Waals surface area contributed by atoms with Gasteiger partial charge >= 0.3 is 0 Å². The molecule has 0 bridgehead atoms. The predicted molar refractivity (Wildman–Crippen MR) is 88.0 cm³/mol. The molecular weight excluding hydrogens is 351 g/mol. The van der Waals surface area contributed by atoms with Gasteiger partial charge in [0.25, 0.3) is 0 Å². The number of sulfonamides is 1. The average molecular weight is 369 g/mol. The van der Waals surface area contributed by atoms with E-state index in [1.807, 2.05) is 0 Å². The van der Waals surface area contributed by atoms with Crippen LogP contribution in [0.1, 0.15) is 6.42 Å². The maximum atomic E-state index is 12.0. The van der Waals surface area contributed by atoms with Gasteiger partial charge in [-0.05, 0) is 18.6 Å². The lowest BCUT2D eigenvalue weighted by Gasteiger charge is -2.19. The van der Waals surface area contributed by atoms with Gasteiger partial charge < -0.3 is 10.1 Å². The van der Waals surface area contributed by atoms with Crippen molar-refractivity contribution in [3.05, 3.63) is 28.2 Å². The van der Waals surface area contributed by atoms with Crippen molar-refractivity contribution in [3.63, 3.8) is 0 Å². The summed E-state index contributed by atoms with van der Waals surface area (Å²) in [4.78, 5) is 12.0. The Labute approximate surface area is 140 Å². The van der Waals surface area contributed by atoms with E-state index < -0.39 is 15.9 Å². The minimum atomic E-state index is -3.49. The van der Waals surface area contributed by atoms with Crippen LogP contribution in [0.15, 0.2) is 18.2 Å². The molecule has 0 fully saturated rings. The Morgan fingerprint density at radius 1 is 1.36 bits per heavy atom. The summed E-state index contributed by atoms with van der Waals surface area (Å²) < 4.78 is 29.3. The topological polar surface area (TPSA) is 75.7 Å². The van der Waals surface area contributed by atoms with Gasteiger partial charge in [-0.25, -0.2) is 8.42 Å². The molecule has 0 aliphatic carbocycles. The van der Waals surface area contributed by atoms with Crippen LogP contribution in [0.3, 0.4) is 0 Å². The van der Waals surface area contributed by atoms with Crippen LogP contribution >= 0.6 is 23.2 Å². The van der Waals surface area contributed by atoms with Gasteiger partial charge in [0.15, 0.2) is 0 Å². The van der Waals surface area contributed by atoms with Crippen molar-refractivity contribution < 1.29 is 17.9 Å². The molecule has 1 aromatic rings. The number of methoxy groups -OCH3 is 1. The number of rotatable bonds is 8. The Bertz CT molecular complexity index is 622. The van der Waals surface area contributed by atoms with Gasteiger partial charge in [0.2, 0.25) is 15.9 Å². The molecular formula is C13H18Cl2N2O4S. The van der Waals surface area contributed by atoms with E-state index in [2.05, 4.69) is 5.32 Å². The number of nitrogens with one attached hydrogen (secondary N) is 1. The van der Waals surface area contributed by atoms with Gasteiger partial charge in [0, 0.05) is 20.3 Å². The number of benzene rings is 1. The molecule has 9 heteroatoms. The second-order valence-electron chi connectivity index (χ2n) is 4.59. The molecule has 1 aromatic carbocycles. The predicted octanol–water partition coefficient (Wildman–Crippen LogP) is 2.23. The number of carbonyl (C=O) groups is 1. The van der Waals surface area contributed by atoms with Gasteiger partial charge in [-0.3, -0.25) is 4.79 Å². The fourth-order valence-corrected chi connectivity index (χ4v) is 2.86. The van der Waals surface area contributed by atoms with Crippen molar-refractivity contribution in [2.75, 3.05) is 38.4 Å². The van der Waals surface area contributed by atoms with Crippen LogP contribution in [-0.2, 0) is 19.6 Å². The largest absolute Gasteiger partial charge is 0.385 e. The van der Waals surface area contributed by atoms with Crippen LogP contribution in [0.5, 0.6) is 0 Å². The van der Waals surface area contributed by atoms with E-state index in [1.165, 1.54) is 7.11 Å². The maximum Gasteiger partial charge on any atom is 0.239 e. The molecule has 0 heterocycles. The van der Waals surface area contributed by atoms with E-state index in [9.17, 15) is 13.2 Å². The maximum absolute atomic E-state index is 12.0. The van der Waals surface area contributed by atoms with Crippen LogP contribution in [0.25, 0.3) is 0 Å². The number of halogens is 2. The highest BCUT2D eigenvalue weighted by Gasteiger charge is 2.20. The number of hydrogen-bond donors (Lipinski definition) is 1. The second kappa shape index (κ2) is 8.69. The summed E-state index contributed by atoms with van der Waals surface area (Å²) in [5.41, 5.74) is 0.338. The quantitative estimate of drug-likeness (QED) is 0.713. The Hall–Kier alpha value is -0.860. The highest BCUT2D eigenvalue weighted by atomic mass is 35.5. The zero-order chi connectivity index (χ0) is 16.8. The lowest BCUT2D eigenvalue weighted by atomic mass is 10.3. The minimum absolute atomic E-state index is 0.198. The van der Waals surface area contributed by atoms with Gasteiger partial charge in [-0.15, -0.1) is 0 Å². The number of hydrogen-bond acceptors (Lipinski definition) is 4. The molecule has 1 rings (SSSR count). The summed E-state index contributed by atoms with van der Waals surface area (Å²) in [5, 5.41) is 3.07. The number of nitrogens with zero attached hydrogens (tertiary/aromatic N) is 1. The molecule has 124 valence electrons. The van der Waals surface area contributed by atoms with Crippen LogP contribution in [0, 0.1) is 0 Å². The molecule has 1 N–H and O–H groups in total. The van der Waals surface area contributed by atoms with Crippen molar-refractivity contribution >= 4 is 44.8 Å². The zero-order valence-corrected chi connectivity index (χ0v) is 14.6. The second-order valence-corrected chi connectivity index (χ2v) is 7.36. The molecule has 22 heavy (non-hydrogen) atoms. The first-order chi connectivity index (χ1) is 10.3. The molecule has 0 radical (unpaired) electrons. The van der Waals surface area contributed by atoms with Crippen molar-refractivity contribution in [2.24, 2.45) is 0 Å². The van der Waals surface area contributed by atoms with E-state index in [0.29, 0.717) is 23.7 Å². The average Bonchev–Trinajstić information content (AvgIpc) is 2.42. The Morgan fingerprint density at radius 2 is 2.05 bits per heavy atom. The molecule has 6 nitrogen and oxygen atoms in total. The summed E-state index contributed by atoms with van der Waals surface area (Å²) in [6.07, 6.45) is 1.55. The molecule has 0 saturated carbocycles. The molecule has 1 amide bonds. The zero-order valence-electron chi connectivity index (χ0n) is 12.3. The first kappa shape index (κ1) is 19.2. The van der Waals surface area contributed by atoms with E-state index in [4.69, 9.17) is 27.9 Å². The highest BCUT2D eigenvalue weighted by Crippen LogP contribution is 2.29. The fourth-order valence-electron chi connectivity index (χ4n) is 1.70. The Morgan fingerprint density at radius 3 is 2.64 bits per heavy atom. The minimum Gasteiger partial charge on any atom is -0.385 e. The van der Waals surface area contributed by atoms with Crippen LogP contribution in [0.2, 0.25) is 10.0 Å². The molecule has 0 spiro atoms. The smallest absolute Gasteiger partial charge is 0.239 e. The van der Waals surface area contributed by atoms with E-state index in [1.54, 1.807) is 18.2 Å². The molecule has 0 saturated heterocycles. The third-order valence-corrected chi connectivity index (χ3v) is 4.84. The normalized spacial score (nSPS) is 11.7. The Balaban J connectivity index is 2.73. The SMILES string of the molecule is COCCCN(CC(=O)Nc1cccc(Cl)c1Cl)S(C)(=O)=O. The van der Waals surface area contributed by atoms with Crippen LogP contribution in [-0.4, -0.2) is 51.7 Å². The third kappa shape index (κ3) is 6.10. The van der Waals surface area contributed by atoms with Crippen LogP contribution in [0.4, 0.5) is 5.69 Å². The fraction of sp³-hybridized carbons (Fsp3) is 0.462. The monoisotopic (exact) mass is 368 g/mol. The number of anilines is 1. The standard InChI is InChI=1S/C13H18Cl2N2O4S/c1-21-8-4-7-17(22(2,19)20)9-12(18)16-11-6-3-5-10(14)13(11)15/h3,5-6H,4,7-9H2,1-2H3,(H,16,18). The van der Waals surface area contributed by atoms with Crippen molar-refractivity contribution in [3.8, 4) is 0 Å². The molecule has 0 aliphatic heterocycles. The summed E-state index contributed by atoms with van der Waals surface area (Å²) in [5.74, 6) is -0.494. The number of carbonyl (C=O) groups excluding carboxylic acids is 1. The molecule has 0 unspecified atom stereocenters.